The van der Waals surface area contributed by atoms with Gasteiger partial charge >= 0.3 is 0 Å². The van der Waals surface area contributed by atoms with E-state index in [-0.39, 0.29) is 80.4 Å². The van der Waals surface area contributed by atoms with E-state index in [4.69, 9.17) is 0 Å². The summed E-state index contributed by atoms with van der Waals surface area (Å²) in [5, 5.41) is 0. The Kier molecular flexibility index (Phi) is 44.8. The number of pyridine rings is 8. The molecule has 12 heteroatoms. The third-order valence-electron chi connectivity index (χ3n) is 20.5. The second-order valence-corrected chi connectivity index (χ2v) is 30.7. The van der Waals surface area contributed by atoms with Gasteiger partial charge in [-0.15, -0.1) is 287 Å². The number of hydrogen-bond acceptors (Lipinski definition) is 8. The van der Waals surface area contributed by atoms with Crippen LogP contribution in [0.15, 0.2) is 462 Å². The Balaban J connectivity index is 0.000000172. The molecule has 0 saturated carbocycles. The summed E-state index contributed by atoms with van der Waals surface area (Å²) < 4.78 is 0. The zero-order valence-corrected chi connectivity index (χ0v) is 84.9. The maximum absolute atomic E-state index is 4.49. The molecular formula is C122H100Ir4N8-8. The van der Waals surface area contributed by atoms with E-state index in [0.29, 0.717) is 11.8 Å². The van der Waals surface area contributed by atoms with E-state index < -0.39 is 0 Å². The van der Waals surface area contributed by atoms with Crippen molar-refractivity contribution in [2.75, 3.05) is 0 Å². The molecule has 0 aliphatic carbocycles. The summed E-state index contributed by atoms with van der Waals surface area (Å²) in [7, 11) is 0. The maximum atomic E-state index is 4.49. The standard InChI is InChI=1S/4C17H12N.C15H16N.C14H14N.C13H12N.C12H10N.4Ir/c4*1-3-7-14(8-4-1)16-11-12-17(18-13-16)15-9-5-2-6-10-15;1-12(2)10-13-8-9-16-15(11-13)14-6-4-3-5-7-14;1-11(2)13-8-9-15-14(10-13)12-6-4-3-5-7-12;1-2-11-9-6-10-14-13(11)12-7-4-3-5-8-12;1-10-6-5-9-13-12(10)11-7-3-2-4-8-11;;;;/h4*1-9,11-13H;3-6,8-9,11-12H,10H2,1-2H3;3-6,8-11H,1-2H3;3-7,9-10H,2H2,1H3;2-7,9H,1H3;;;;/q8*-1;;;;. The van der Waals surface area contributed by atoms with Crippen LogP contribution in [0.2, 0.25) is 0 Å². The van der Waals surface area contributed by atoms with Gasteiger partial charge in [0, 0.05) is 130 Å². The van der Waals surface area contributed by atoms with Crippen molar-refractivity contribution in [2.45, 2.75) is 60.3 Å². The minimum atomic E-state index is 0. The normalized spacial score (nSPS) is 9.97. The number of aromatic nitrogens is 8. The van der Waals surface area contributed by atoms with E-state index in [2.05, 4.69) is 239 Å². The summed E-state index contributed by atoms with van der Waals surface area (Å²) in [4.78, 5) is 35.4. The number of aryl methyl sites for hydroxylation is 2. The Labute approximate surface area is 846 Å². The van der Waals surface area contributed by atoms with Crippen LogP contribution in [0, 0.1) is 61.4 Å². The molecule has 0 aliphatic heterocycles. The van der Waals surface area contributed by atoms with Gasteiger partial charge in [-0.3, -0.25) is 0 Å². The first-order valence-corrected chi connectivity index (χ1v) is 43.6. The monoisotopic (exact) mass is 2450 g/mol. The largest absolute Gasteiger partial charge is 0.305 e. The zero-order chi connectivity index (χ0) is 89.8. The minimum absolute atomic E-state index is 0. The van der Waals surface area contributed by atoms with Crippen LogP contribution in [0.5, 0.6) is 0 Å². The first kappa shape index (κ1) is 104. The van der Waals surface area contributed by atoms with Crippen LogP contribution >= 0.6 is 0 Å². The van der Waals surface area contributed by atoms with Crippen LogP contribution in [-0.4, -0.2) is 39.9 Å². The van der Waals surface area contributed by atoms with Gasteiger partial charge in [-0.2, -0.15) is 0 Å². The third kappa shape index (κ3) is 33.0. The average Bonchev–Trinajstić information content (AvgIpc) is 0.830. The van der Waals surface area contributed by atoms with Crippen molar-refractivity contribution in [3.05, 3.63) is 533 Å². The molecule has 0 atom stereocenters. The molecule has 672 valence electrons. The second kappa shape index (κ2) is 57.7. The van der Waals surface area contributed by atoms with E-state index >= 15 is 0 Å². The molecule has 0 amide bonds. The SMILES string of the molecule is CC(C)Cc1ccnc(-c2[c-]cccc2)c1.CC(C)c1ccnc(-c2[c-]cccc2)c1.CCc1cccnc1-c1[c-]cccc1.Cc1cccnc1-c1[c-]cccc1.[Ir].[Ir].[Ir].[Ir].[c-]1ccccc1-c1ccc(-c2ccccc2)cn1.[c-]1ccccc1-c1ccc(-c2ccccc2)cn1.[c-]1ccccc1-c1ccc(-c2ccccc2)cn1.[c-]1ccccc1-c1ccc(-c2ccccc2)cn1. The molecule has 0 N–H and O–H groups in total. The number of benzene rings is 12. The molecule has 134 heavy (non-hydrogen) atoms. The van der Waals surface area contributed by atoms with E-state index in [1.165, 1.54) is 44.5 Å². The molecule has 0 spiro atoms. The van der Waals surface area contributed by atoms with Gasteiger partial charge < -0.3 is 39.9 Å². The maximum Gasteiger partial charge on any atom is 0.0239 e. The minimum Gasteiger partial charge on any atom is -0.305 e. The number of hydrogen-bond donors (Lipinski definition) is 0. The molecule has 12 aromatic carbocycles. The summed E-state index contributed by atoms with van der Waals surface area (Å²) >= 11 is 0. The van der Waals surface area contributed by atoms with Gasteiger partial charge in [-0.25, -0.2) is 0 Å². The predicted molar refractivity (Wildman–Crippen MR) is 537 cm³/mol. The average molecular weight is 2450 g/mol. The van der Waals surface area contributed by atoms with Crippen molar-refractivity contribution in [1.82, 2.24) is 39.9 Å². The molecule has 8 heterocycles. The van der Waals surface area contributed by atoms with Gasteiger partial charge in [-0.1, -0.05) is 251 Å². The van der Waals surface area contributed by atoms with Gasteiger partial charge in [0.05, 0.1) is 0 Å². The zero-order valence-electron chi connectivity index (χ0n) is 75.4. The summed E-state index contributed by atoms with van der Waals surface area (Å²) in [5.74, 6) is 1.21. The fourth-order valence-electron chi connectivity index (χ4n) is 13.7. The van der Waals surface area contributed by atoms with Crippen LogP contribution in [0.25, 0.3) is 135 Å². The van der Waals surface area contributed by atoms with E-state index in [9.17, 15) is 0 Å². The van der Waals surface area contributed by atoms with Crippen molar-refractivity contribution in [3.63, 3.8) is 0 Å². The summed E-state index contributed by atoms with van der Waals surface area (Å²) in [6.07, 6.45) is 17.1. The molecule has 0 aliphatic rings. The van der Waals surface area contributed by atoms with Crippen molar-refractivity contribution >= 4 is 0 Å². The van der Waals surface area contributed by atoms with Crippen molar-refractivity contribution in [1.29, 1.82) is 0 Å². The van der Waals surface area contributed by atoms with Crippen molar-refractivity contribution in [3.8, 4) is 135 Å². The summed E-state index contributed by atoms with van der Waals surface area (Å²) in [5.41, 5.74) is 30.7. The van der Waals surface area contributed by atoms with E-state index in [1.54, 1.807) is 0 Å². The van der Waals surface area contributed by atoms with Crippen LogP contribution in [0.4, 0.5) is 0 Å². The Bertz CT molecular complexity index is 5870. The van der Waals surface area contributed by atoms with Crippen LogP contribution < -0.4 is 0 Å². The van der Waals surface area contributed by atoms with Crippen LogP contribution in [-0.2, 0) is 93.3 Å². The molecule has 20 rings (SSSR count). The molecule has 0 unspecified atom stereocenters. The van der Waals surface area contributed by atoms with E-state index in [0.717, 1.165) is 125 Å². The molecule has 8 aromatic heterocycles. The van der Waals surface area contributed by atoms with Crippen LogP contribution in [0.3, 0.4) is 0 Å². The second-order valence-electron chi connectivity index (χ2n) is 30.7. The quantitative estimate of drug-likeness (QED) is 0.0882. The first-order chi connectivity index (χ1) is 64.0. The summed E-state index contributed by atoms with van der Waals surface area (Å²) in [6.45, 7) is 13.0. The van der Waals surface area contributed by atoms with E-state index in [1.807, 2.05) is 353 Å². The molecule has 0 saturated heterocycles. The number of rotatable bonds is 16. The van der Waals surface area contributed by atoms with Gasteiger partial charge in [0.15, 0.2) is 0 Å². The van der Waals surface area contributed by atoms with Crippen molar-refractivity contribution in [2.24, 2.45) is 5.92 Å². The van der Waals surface area contributed by atoms with Gasteiger partial charge in [0.1, 0.15) is 0 Å². The Morgan fingerprint density at radius 1 is 0.231 bits per heavy atom. The van der Waals surface area contributed by atoms with Crippen molar-refractivity contribution < 1.29 is 80.4 Å². The Hall–Kier alpha value is -13.6. The first-order valence-electron chi connectivity index (χ1n) is 43.6. The van der Waals surface area contributed by atoms with Gasteiger partial charge in [-0.05, 0) is 146 Å². The molecular weight excluding hydrogens is 2350 g/mol. The molecule has 20 aromatic rings. The van der Waals surface area contributed by atoms with Gasteiger partial charge in [0.25, 0.3) is 0 Å². The summed E-state index contributed by atoms with van der Waals surface area (Å²) in [6, 6.07) is 163. The molecule has 4 radical (unpaired) electrons. The fourth-order valence-corrected chi connectivity index (χ4v) is 13.7. The van der Waals surface area contributed by atoms with Gasteiger partial charge in [0.2, 0.25) is 0 Å². The smallest absolute Gasteiger partial charge is 0.0239 e. The number of nitrogens with zero attached hydrogens (tertiary/aromatic N) is 8. The Morgan fingerprint density at radius 3 is 0.799 bits per heavy atom. The molecule has 8 nitrogen and oxygen atoms in total. The predicted octanol–water partition coefficient (Wildman–Crippen LogP) is 30.2. The molecule has 0 bridgehead atoms. The third-order valence-corrected chi connectivity index (χ3v) is 20.5. The topological polar surface area (TPSA) is 103 Å². The van der Waals surface area contributed by atoms with Crippen LogP contribution in [0.1, 0.15) is 62.8 Å². The Morgan fingerprint density at radius 2 is 0.515 bits per heavy atom. The fraction of sp³-hybridized carbons (Fsp3) is 0.0820. The molecule has 0 fully saturated rings.